The number of fused-ring (bicyclic) bond motifs is 5. The summed E-state index contributed by atoms with van der Waals surface area (Å²) in [5.41, 5.74) is 0.562. The molecular formula is C50H70ClN7O12S2. The highest BCUT2D eigenvalue weighted by molar-refractivity contribution is 8.77. The van der Waals surface area contributed by atoms with Gasteiger partial charge in [0.05, 0.1) is 55.7 Å². The van der Waals surface area contributed by atoms with Gasteiger partial charge in [-0.15, -0.1) is 5.10 Å². The Hall–Kier alpha value is -4.51. The lowest BCUT2D eigenvalue weighted by atomic mass is 9.83. The summed E-state index contributed by atoms with van der Waals surface area (Å²) in [6.07, 6.45) is 3.58. The number of hydrogen-bond acceptors (Lipinski definition) is 16. The monoisotopic (exact) mass is 1060 g/mol. The van der Waals surface area contributed by atoms with Crippen LogP contribution in [0.25, 0.3) is 0 Å². The fourth-order valence-corrected chi connectivity index (χ4v) is 11.8. The Labute approximate surface area is 434 Å². The molecule has 5 heterocycles. The van der Waals surface area contributed by atoms with E-state index in [1.165, 1.54) is 21.8 Å². The van der Waals surface area contributed by atoms with Crippen LogP contribution >= 0.6 is 33.2 Å². The van der Waals surface area contributed by atoms with E-state index in [0.717, 1.165) is 16.7 Å². The number of benzene rings is 1. The van der Waals surface area contributed by atoms with E-state index in [1.54, 1.807) is 86.4 Å². The number of carbonyl (C=O) groups is 6. The Morgan fingerprint density at radius 2 is 1.86 bits per heavy atom. The molecule has 4 bridgehead atoms. The number of rotatable bonds is 17. The Bertz CT molecular complexity index is 2420. The minimum absolute atomic E-state index is 0.0615. The molecule has 0 radical (unpaired) electrons. The van der Waals surface area contributed by atoms with Crippen molar-refractivity contribution < 1.29 is 57.6 Å². The summed E-state index contributed by atoms with van der Waals surface area (Å²) >= 11 is 6.84. The van der Waals surface area contributed by atoms with Crippen LogP contribution in [0.4, 0.5) is 10.5 Å². The van der Waals surface area contributed by atoms with Crippen LogP contribution in [0, 0.1) is 18.8 Å². The van der Waals surface area contributed by atoms with Crippen molar-refractivity contribution in [2.24, 2.45) is 11.8 Å². The van der Waals surface area contributed by atoms with Gasteiger partial charge in [0.15, 0.2) is 5.72 Å². The van der Waals surface area contributed by atoms with Crippen molar-refractivity contribution in [3.63, 3.8) is 0 Å². The van der Waals surface area contributed by atoms with Crippen LogP contribution in [0.1, 0.15) is 97.4 Å². The quantitative estimate of drug-likeness (QED) is 0.0613. The number of allylic oxidation sites excluding steroid dienone is 3. The second kappa shape index (κ2) is 23.8. The largest absolute Gasteiger partial charge is 0.457 e. The third-order valence-corrected chi connectivity index (χ3v) is 17.7. The van der Waals surface area contributed by atoms with Crippen LogP contribution in [-0.4, -0.2) is 152 Å². The number of hydrogen-bond donors (Lipinski definition) is 2. The van der Waals surface area contributed by atoms with Crippen LogP contribution in [0.3, 0.4) is 0 Å². The van der Waals surface area contributed by atoms with Gasteiger partial charge < -0.3 is 38.6 Å². The third kappa shape index (κ3) is 13.8. The van der Waals surface area contributed by atoms with Gasteiger partial charge in [-0.1, -0.05) is 82.1 Å². The van der Waals surface area contributed by atoms with Crippen LogP contribution in [-0.2, 0) is 67.2 Å². The molecule has 4 aliphatic rings. The number of methoxy groups -OCH3 is 1. The second-order valence-electron chi connectivity index (χ2n) is 20.2. The molecule has 0 aliphatic carbocycles. The number of alkyl carbamates (subject to hydrolysis) is 1. The predicted molar refractivity (Wildman–Crippen MR) is 273 cm³/mol. The van der Waals surface area contributed by atoms with Gasteiger partial charge >= 0.3 is 12.1 Å². The number of likely N-dealkylation sites (N-methyl/N-ethyl adjacent to an activating group) is 1. The number of amides is 5. The molecule has 19 nitrogen and oxygen atoms in total. The average Bonchev–Trinajstić information content (AvgIpc) is 3.71. The van der Waals surface area contributed by atoms with Gasteiger partial charge in [0.2, 0.25) is 23.6 Å². The van der Waals surface area contributed by atoms with Gasteiger partial charge in [-0.05, 0) is 71.6 Å². The zero-order valence-corrected chi connectivity index (χ0v) is 45.5. The highest BCUT2D eigenvalue weighted by atomic mass is 35.5. The molecule has 2 N–H and O–H groups in total. The van der Waals surface area contributed by atoms with Crippen molar-refractivity contribution in [1.82, 2.24) is 30.1 Å². The van der Waals surface area contributed by atoms with Crippen molar-refractivity contribution in [3.8, 4) is 0 Å². The molecule has 396 valence electrons. The van der Waals surface area contributed by atoms with E-state index in [1.807, 2.05) is 45.9 Å². The molecule has 9 atom stereocenters. The van der Waals surface area contributed by atoms with Gasteiger partial charge in [0, 0.05) is 62.8 Å². The highest BCUT2D eigenvalue weighted by Crippen LogP contribution is 2.49. The van der Waals surface area contributed by atoms with Crippen molar-refractivity contribution in [2.45, 2.75) is 154 Å². The van der Waals surface area contributed by atoms with Crippen molar-refractivity contribution in [3.05, 3.63) is 64.0 Å². The third-order valence-electron chi connectivity index (χ3n) is 13.9. The number of esters is 1. The van der Waals surface area contributed by atoms with Gasteiger partial charge in [-0.2, -0.15) is 0 Å². The fourth-order valence-electron chi connectivity index (χ4n) is 9.13. The Morgan fingerprint density at radius 3 is 2.56 bits per heavy atom. The first-order chi connectivity index (χ1) is 33.9. The summed E-state index contributed by atoms with van der Waals surface area (Å²) in [5, 5.41) is 22.9. The number of imide groups is 1. The molecule has 72 heavy (non-hydrogen) atoms. The molecule has 5 amide bonds. The summed E-state index contributed by atoms with van der Waals surface area (Å²) in [7, 11) is 7.87. The number of epoxide rings is 1. The van der Waals surface area contributed by atoms with Gasteiger partial charge in [0.1, 0.15) is 35.6 Å². The number of aryl methyl sites for hydroxylation is 1. The topological polar surface area (TPSA) is 225 Å². The van der Waals surface area contributed by atoms with Crippen molar-refractivity contribution >= 4 is 74.6 Å². The van der Waals surface area contributed by atoms with E-state index in [4.69, 9.17) is 35.3 Å². The van der Waals surface area contributed by atoms with Crippen LogP contribution < -0.4 is 10.2 Å². The molecule has 22 heteroatoms. The molecule has 4 aliphatic heterocycles. The maximum absolute atomic E-state index is 14.3. The zero-order valence-electron chi connectivity index (χ0n) is 43.1. The minimum atomic E-state index is -1.84. The Balaban J connectivity index is 1.05. The standard InChI is InChI=1S/C50H70ClN7O12S2/c1-29-13-12-14-38(66-11)50(65)26-37(68-47(64)52-50)32(4)44-49(8,70-44)39(25-41(60)56(10)36-24-34(21-29)22-30(2)43(36)51)69-46(63)33(5)55(9)40(59)15-16-48(6,7)72-71-20-19-67-18-17-57-27-35(53-54-57)28-58-42(61)23-31(3)45(58)62/h12-14,22,24,27,31-33,37-39,44,65H,15-21,23,25-26,28H2,1-11H3,(H,52,64)/b14-12+,29-13+/t31?,32-,33+,37+,38-,39+,44+,49+,50+/m1/s1. The number of nitrogens with one attached hydrogen (secondary N) is 1. The maximum Gasteiger partial charge on any atom is 0.409 e. The Kier molecular flexibility index (Phi) is 18.8. The number of nitrogens with zero attached hydrogens (tertiary/aromatic N) is 6. The number of aliphatic hydroxyl groups is 1. The Morgan fingerprint density at radius 1 is 1.12 bits per heavy atom. The van der Waals surface area contributed by atoms with E-state index < -0.39 is 65.7 Å². The SMILES string of the molecule is CO[C@@H]1/C=C/C=C(\C)Cc2cc(C)c(Cl)c(c2)N(C)C(=O)C[C@H](OC(=O)[C@H](C)N(C)C(=O)CCC(C)(C)SSCCOCCn2cc(CN3C(=O)CC(C)C3=O)nn2)[C@]2(C)O[C@H]2[C@H](C)[C@@H]2C[C@@]1(O)NC(=O)O2. The molecule has 6 rings (SSSR count). The smallest absolute Gasteiger partial charge is 0.409 e. The summed E-state index contributed by atoms with van der Waals surface area (Å²) < 4.78 is 31.1. The van der Waals surface area contributed by atoms with Crippen LogP contribution in [0.2, 0.25) is 5.02 Å². The fraction of sp³-hybridized carbons (Fsp3) is 0.640. The first kappa shape index (κ1) is 56.8. The molecule has 0 saturated carbocycles. The summed E-state index contributed by atoms with van der Waals surface area (Å²) in [4.78, 5) is 83.5. The molecular weight excluding hydrogens is 990 g/mol. The number of likely N-dealkylation sites (tertiary alicyclic amines) is 1. The van der Waals surface area contributed by atoms with Gasteiger partial charge in [-0.3, -0.25) is 29.4 Å². The number of aromatic nitrogens is 3. The number of anilines is 1. The molecule has 1 aromatic heterocycles. The first-order valence-electron chi connectivity index (χ1n) is 24.2. The molecule has 3 saturated heterocycles. The summed E-state index contributed by atoms with van der Waals surface area (Å²) in [6, 6.07) is 2.78. The maximum atomic E-state index is 14.3. The van der Waals surface area contributed by atoms with E-state index in [0.29, 0.717) is 54.8 Å². The number of ether oxygens (including phenoxy) is 5. The summed E-state index contributed by atoms with van der Waals surface area (Å²) in [5.74, 6) is -1.97. The lowest BCUT2D eigenvalue weighted by molar-refractivity contribution is -0.162. The number of halogens is 1. The molecule has 0 spiro atoms. The van der Waals surface area contributed by atoms with Gasteiger partial charge in [0.25, 0.3) is 0 Å². The van der Waals surface area contributed by atoms with E-state index in [2.05, 4.69) is 15.6 Å². The van der Waals surface area contributed by atoms with Crippen molar-refractivity contribution in [1.29, 1.82) is 0 Å². The van der Waals surface area contributed by atoms with E-state index >= 15 is 0 Å². The van der Waals surface area contributed by atoms with Gasteiger partial charge in [-0.25, -0.2) is 14.3 Å². The zero-order chi connectivity index (χ0) is 52.9. The molecule has 3 fully saturated rings. The molecule has 1 unspecified atom stereocenters. The van der Waals surface area contributed by atoms with Crippen LogP contribution in [0.15, 0.2) is 42.1 Å². The number of carbonyl (C=O) groups excluding carboxylic acids is 6. The highest BCUT2D eigenvalue weighted by Gasteiger charge is 2.64. The first-order valence-corrected chi connectivity index (χ1v) is 26.9. The molecule has 1 aromatic carbocycles. The lowest BCUT2D eigenvalue weighted by Gasteiger charge is -2.42. The second-order valence-corrected chi connectivity index (χ2v) is 23.7. The van der Waals surface area contributed by atoms with Crippen molar-refractivity contribution in [2.75, 3.05) is 45.1 Å². The lowest BCUT2D eigenvalue weighted by Crippen LogP contribution is -2.63. The average molecular weight is 1060 g/mol. The minimum Gasteiger partial charge on any atom is -0.457 e. The normalized spacial score (nSPS) is 28.7. The van der Waals surface area contributed by atoms with E-state index in [9.17, 15) is 33.9 Å². The van der Waals surface area contributed by atoms with E-state index in [-0.39, 0.29) is 60.6 Å². The summed E-state index contributed by atoms with van der Waals surface area (Å²) in [6.45, 7) is 16.2. The predicted octanol–water partition coefficient (Wildman–Crippen LogP) is 5.96. The van der Waals surface area contributed by atoms with Crippen LogP contribution in [0.5, 0.6) is 0 Å². The molecule has 2 aromatic rings.